The van der Waals surface area contributed by atoms with Crippen molar-refractivity contribution in [1.29, 1.82) is 0 Å². The molecule has 0 radical (unpaired) electrons. The molecule has 17 heavy (non-hydrogen) atoms. The van der Waals surface area contributed by atoms with Crippen LogP contribution in [-0.4, -0.2) is 34.2 Å². The molecule has 1 saturated heterocycles. The molecule has 1 atom stereocenters. The number of aromatic nitrogens is 2. The molecule has 1 aliphatic rings. The highest BCUT2D eigenvalue weighted by molar-refractivity contribution is 5.44. The Kier molecular flexibility index (Phi) is 2.66. The lowest BCUT2D eigenvalue weighted by molar-refractivity contribution is 0.265. The minimum absolute atomic E-state index is 0.266. The molecule has 2 aromatic heterocycles. The van der Waals surface area contributed by atoms with Gasteiger partial charge < -0.3 is 14.7 Å². The zero-order chi connectivity index (χ0) is 11.7. The van der Waals surface area contributed by atoms with Crippen molar-refractivity contribution in [3.05, 3.63) is 24.3 Å². The maximum absolute atomic E-state index is 5.84. The lowest BCUT2D eigenvalue weighted by Gasteiger charge is -2.10. The zero-order valence-electron chi connectivity index (χ0n) is 9.37. The summed E-state index contributed by atoms with van der Waals surface area (Å²) in [6, 6.07) is 3.87. The van der Waals surface area contributed by atoms with Crippen molar-refractivity contribution >= 4 is 0 Å². The first kappa shape index (κ1) is 10.5. The Bertz CT molecular complexity index is 479. The van der Waals surface area contributed by atoms with Gasteiger partial charge in [-0.3, -0.25) is 4.90 Å². The number of hydrogen-bond donors (Lipinski definition) is 1. The van der Waals surface area contributed by atoms with E-state index in [0.29, 0.717) is 24.0 Å². The van der Waals surface area contributed by atoms with Crippen LogP contribution < -0.4 is 5.73 Å². The summed E-state index contributed by atoms with van der Waals surface area (Å²) >= 11 is 0. The summed E-state index contributed by atoms with van der Waals surface area (Å²) < 4.78 is 10.4. The minimum atomic E-state index is 0.266. The van der Waals surface area contributed by atoms with Gasteiger partial charge in [0.1, 0.15) is 0 Å². The summed E-state index contributed by atoms with van der Waals surface area (Å²) in [5.74, 6) is 1.72. The monoisotopic (exact) mass is 234 g/mol. The van der Waals surface area contributed by atoms with Gasteiger partial charge in [0.05, 0.1) is 12.8 Å². The number of rotatable bonds is 3. The van der Waals surface area contributed by atoms with E-state index in [1.54, 1.807) is 18.4 Å². The summed E-state index contributed by atoms with van der Waals surface area (Å²) in [5, 5.41) is 3.88. The number of likely N-dealkylation sites (tertiary alicyclic amines) is 1. The van der Waals surface area contributed by atoms with E-state index in [-0.39, 0.29) is 6.04 Å². The van der Waals surface area contributed by atoms with E-state index >= 15 is 0 Å². The lowest BCUT2D eigenvalue weighted by Crippen LogP contribution is -2.26. The van der Waals surface area contributed by atoms with Crippen LogP contribution in [0.15, 0.2) is 27.3 Å². The highest BCUT2D eigenvalue weighted by atomic mass is 16.5. The van der Waals surface area contributed by atoms with Crippen LogP contribution >= 0.6 is 0 Å². The lowest BCUT2D eigenvalue weighted by atomic mass is 10.3. The van der Waals surface area contributed by atoms with E-state index in [9.17, 15) is 0 Å². The van der Waals surface area contributed by atoms with E-state index in [2.05, 4.69) is 15.0 Å². The smallest absolute Gasteiger partial charge is 0.241 e. The van der Waals surface area contributed by atoms with Crippen molar-refractivity contribution in [1.82, 2.24) is 15.0 Å². The Balaban J connectivity index is 1.69. The number of furan rings is 1. The van der Waals surface area contributed by atoms with Crippen molar-refractivity contribution in [2.45, 2.75) is 19.0 Å². The molecule has 1 unspecified atom stereocenters. The molecule has 6 heteroatoms. The molecular formula is C11H14N4O2. The van der Waals surface area contributed by atoms with Crippen molar-refractivity contribution in [3.63, 3.8) is 0 Å². The third-order valence-corrected chi connectivity index (χ3v) is 2.88. The van der Waals surface area contributed by atoms with Gasteiger partial charge in [0.15, 0.2) is 5.76 Å². The largest absolute Gasteiger partial charge is 0.461 e. The highest BCUT2D eigenvalue weighted by Gasteiger charge is 2.21. The second-order valence-corrected chi connectivity index (χ2v) is 4.27. The predicted octanol–water partition coefficient (Wildman–Crippen LogP) is 0.863. The fourth-order valence-corrected chi connectivity index (χ4v) is 2.02. The van der Waals surface area contributed by atoms with Gasteiger partial charge in [0.25, 0.3) is 0 Å². The average molecular weight is 234 g/mol. The molecule has 0 aromatic carbocycles. The fourth-order valence-electron chi connectivity index (χ4n) is 2.02. The van der Waals surface area contributed by atoms with E-state index in [1.807, 2.05) is 0 Å². The molecule has 0 spiro atoms. The summed E-state index contributed by atoms with van der Waals surface area (Å²) in [6.07, 6.45) is 2.62. The Hall–Kier alpha value is -1.66. The number of nitrogens with two attached hydrogens (primary N) is 1. The second kappa shape index (κ2) is 4.31. The summed E-state index contributed by atoms with van der Waals surface area (Å²) in [7, 11) is 0. The van der Waals surface area contributed by atoms with Gasteiger partial charge in [-0.15, -0.1) is 0 Å². The van der Waals surface area contributed by atoms with Gasteiger partial charge in [-0.2, -0.15) is 4.98 Å². The molecule has 0 amide bonds. The summed E-state index contributed by atoms with van der Waals surface area (Å²) in [5.41, 5.74) is 5.84. The topological polar surface area (TPSA) is 81.3 Å². The first-order valence-electron chi connectivity index (χ1n) is 5.65. The van der Waals surface area contributed by atoms with Gasteiger partial charge in [-0.05, 0) is 18.6 Å². The van der Waals surface area contributed by atoms with Crippen LogP contribution in [0.2, 0.25) is 0 Å². The molecule has 3 heterocycles. The maximum atomic E-state index is 5.84. The molecule has 6 nitrogen and oxygen atoms in total. The van der Waals surface area contributed by atoms with Gasteiger partial charge in [-0.25, -0.2) is 0 Å². The number of hydrogen-bond acceptors (Lipinski definition) is 6. The molecule has 1 aliphatic heterocycles. The maximum Gasteiger partial charge on any atom is 0.241 e. The van der Waals surface area contributed by atoms with Gasteiger partial charge in [-0.1, -0.05) is 5.16 Å². The molecular weight excluding hydrogens is 220 g/mol. The minimum Gasteiger partial charge on any atom is -0.461 e. The van der Waals surface area contributed by atoms with Crippen LogP contribution in [0.3, 0.4) is 0 Å². The second-order valence-electron chi connectivity index (χ2n) is 4.27. The average Bonchev–Trinajstić information content (AvgIpc) is 3.00. The van der Waals surface area contributed by atoms with Gasteiger partial charge in [0.2, 0.25) is 11.7 Å². The molecule has 0 aliphatic carbocycles. The first-order chi connectivity index (χ1) is 8.31. The van der Waals surface area contributed by atoms with Crippen molar-refractivity contribution < 1.29 is 8.94 Å². The summed E-state index contributed by atoms with van der Waals surface area (Å²) in [6.45, 7) is 2.53. The van der Waals surface area contributed by atoms with E-state index in [1.165, 1.54) is 0 Å². The van der Waals surface area contributed by atoms with Crippen LogP contribution in [0.25, 0.3) is 11.6 Å². The predicted molar refractivity (Wildman–Crippen MR) is 59.9 cm³/mol. The first-order valence-corrected chi connectivity index (χ1v) is 5.65. The van der Waals surface area contributed by atoms with Crippen LogP contribution in [0.4, 0.5) is 0 Å². The standard InChI is InChI=1S/C11H14N4O2/c12-8-3-4-15(6-8)7-10-13-11(14-17-10)9-2-1-5-16-9/h1-2,5,8H,3-4,6-7,12H2. The molecule has 1 fully saturated rings. The van der Waals surface area contributed by atoms with E-state index in [4.69, 9.17) is 14.7 Å². The highest BCUT2D eigenvalue weighted by Crippen LogP contribution is 2.17. The Morgan fingerprint density at radius 1 is 1.53 bits per heavy atom. The molecule has 90 valence electrons. The van der Waals surface area contributed by atoms with Crippen LogP contribution in [0, 0.1) is 0 Å². The Labute approximate surface area is 98.4 Å². The van der Waals surface area contributed by atoms with Crippen LogP contribution in [0.1, 0.15) is 12.3 Å². The SMILES string of the molecule is NC1CCN(Cc2nc(-c3ccco3)no2)C1. The van der Waals surface area contributed by atoms with Gasteiger partial charge in [0, 0.05) is 19.1 Å². The summed E-state index contributed by atoms with van der Waals surface area (Å²) in [4.78, 5) is 6.50. The third-order valence-electron chi connectivity index (χ3n) is 2.88. The number of nitrogens with zero attached hydrogens (tertiary/aromatic N) is 3. The van der Waals surface area contributed by atoms with E-state index in [0.717, 1.165) is 19.5 Å². The fraction of sp³-hybridized carbons (Fsp3) is 0.455. The van der Waals surface area contributed by atoms with Gasteiger partial charge >= 0.3 is 0 Å². The Morgan fingerprint density at radius 2 is 2.47 bits per heavy atom. The van der Waals surface area contributed by atoms with Crippen molar-refractivity contribution in [2.75, 3.05) is 13.1 Å². The van der Waals surface area contributed by atoms with Crippen molar-refractivity contribution in [3.8, 4) is 11.6 Å². The third kappa shape index (κ3) is 2.22. The quantitative estimate of drug-likeness (QED) is 0.848. The molecule has 0 bridgehead atoms. The van der Waals surface area contributed by atoms with Crippen LogP contribution in [0.5, 0.6) is 0 Å². The molecule has 0 saturated carbocycles. The molecule has 2 N–H and O–H groups in total. The van der Waals surface area contributed by atoms with E-state index < -0.39 is 0 Å². The zero-order valence-corrected chi connectivity index (χ0v) is 9.37. The molecule has 3 rings (SSSR count). The Morgan fingerprint density at radius 3 is 3.18 bits per heavy atom. The van der Waals surface area contributed by atoms with Crippen molar-refractivity contribution in [2.24, 2.45) is 5.73 Å². The van der Waals surface area contributed by atoms with Crippen LogP contribution in [-0.2, 0) is 6.54 Å². The molecule has 2 aromatic rings. The normalized spacial score (nSPS) is 21.1.